The van der Waals surface area contributed by atoms with Gasteiger partial charge in [0.05, 0.1) is 17.5 Å². The smallest absolute Gasteiger partial charge is 0.108 e. The summed E-state index contributed by atoms with van der Waals surface area (Å²) in [6.07, 6.45) is -2.12. The zero-order chi connectivity index (χ0) is 10.7. The van der Waals surface area contributed by atoms with E-state index >= 15 is 0 Å². The molecule has 0 aromatic heterocycles. The van der Waals surface area contributed by atoms with E-state index in [-0.39, 0.29) is 12.2 Å². The van der Waals surface area contributed by atoms with Crippen molar-refractivity contribution < 1.29 is 10.2 Å². The van der Waals surface area contributed by atoms with Crippen molar-refractivity contribution in [2.45, 2.75) is 12.2 Å². The van der Waals surface area contributed by atoms with Gasteiger partial charge in [-0.3, -0.25) is 0 Å². The van der Waals surface area contributed by atoms with Gasteiger partial charge < -0.3 is 27.4 Å². The molecule has 0 radical (unpaired) electrons. The van der Waals surface area contributed by atoms with Crippen molar-refractivity contribution in [3.8, 4) is 0 Å². The molecule has 0 fully saturated rings. The average molecular weight is 197 g/mol. The second kappa shape index (κ2) is 4.28. The van der Waals surface area contributed by atoms with E-state index in [1.165, 1.54) is 0 Å². The molecule has 0 spiro atoms. The van der Waals surface area contributed by atoms with Gasteiger partial charge in [-0.1, -0.05) is 12.1 Å². The predicted molar refractivity (Wildman–Crippen MR) is 55.3 cm³/mol. The van der Waals surface area contributed by atoms with Gasteiger partial charge in [0.25, 0.3) is 0 Å². The lowest BCUT2D eigenvalue weighted by molar-refractivity contribution is 0.0248. The second-order valence-electron chi connectivity index (χ2n) is 3.10. The van der Waals surface area contributed by atoms with Crippen LogP contribution in [0, 0.1) is 0 Å². The number of aliphatic hydroxyl groups excluding tert-OH is 2. The summed E-state index contributed by atoms with van der Waals surface area (Å²) in [6.45, 7) is -0.0323. The molecule has 0 saturated carbocycles. The molecule has 14 heavy (non-hydrogen) atoms. The molecule has 0 amide bonds. The molecule has 1 rings (SSSR count). The Morgan fingerprint density at radius 1 is 1.21 bits per heavy atom. The highest BCUT2D eigenvalue weighted by Gasteiger charge is 2.19. The number of hydrogen-bond donors (Lipinski definition) is 5. The van der Waals surface area contributed by atoms with Gasteiger partial charge in [-0.25, -0.2) is 0 Å². The Bertz CT molecular complexity index is 317. The first-order valence-corrected chi connectivity index (χ1v) is 4.28. The number of nitrogens with two attached hydrogens (primary N) is 3. The van der Waals surface area contributed by atoms with E-state index in [0.717, 1.165) is 0 Å². The van der Waals surface area contributed by atoms with Gasteiger partial charge >= 0.3 is 0 Å². The maximum Gasteiger partial charge on any atom is 0.108 e. The predicted octanol–water partition coefficient (Wildman–Crippen LogP) is -0.796. The minimum atomic E-state index is -1.09. The van der Waals surface area contributed by atoms with E-state index in [1.54, 1.807) is 18.2 Å². The van der Waals surface area contributed by atoms with E-state index in [0.29, 0.717) is 11.3 Å². The Labute approximate surface area is 82.1 Å². The Morgan fingerprint density at radius 2 is 1.86 bits per heavy atom. The zero-order valence-corrected chi connectivity index (χ0v) is 7.72. The Balaban J connectivity index is 3.01. The normalized spacial score (nSPS) is 15.1. The number of nitrogen functional groups attached to an aromatic ring is 2. The lowest BCUT2D eigenvalue weighted by atomic mass is 10.0. The lowest BCUT2D eigenvalue weighted by Gasteiger charge is -2.18. The van der Waals surface area contributed by atoms with Crippen LogP contribution < -0.4 is 17.2 Å². The summed E-state index contributed by atoms with van der Waals surface area (Å²) >= 11 is 0. The molecule has 8 N–H and O–H groups in total. The molecular formula is C9H15N3O2. The van der Waals surface area contributed by atoms with Crippen LogP contribution in [0.15, 0.2) is 18.2 Å². The highest BCUT2D eigenvalue weighted by molar-refractivity contribution is 5.67. The van der Waals surface area contributed by atoms with Gasteiger partial charge in [-0.05, 0) is 6.07 Å². The molecule has 2 unspecified atom stereocenters. The van der Waals surface area contributed by atoms with E-state index < -0.39 is 12.2 Å². The summed E-state index contributed by atoms with van der Waals surface area (Å²) in [4.78, 5) is 0. The first-order chi connectivity index (χ1) is 6.57. The maximum absolute atomic E-state index is 9.63. The van der Waals surface area contributed by atoms with Crippen molar-refractivity contribution in [2.24, 2.45) is 5.73 Å². The quantitative estimate of drug-likeness (QED) is 0.407. The van der Waals surface area contributed by atoms with Crippen LogP contribution in [0.1, 0.15) is 11.7 Å². The highest BCUT2D eigenvalue weighted by atomic mass is 16.3. The standard InChI is InChI=1S/C9H15N3O2/c10-4-7(13)9(14)5-2-1-3-6(11)8(5)12/h1-3,7,9,13-14H,4,10-12H2. The van der Waals surface area contributed by atoms with Crippen LogP contribution in [0.5, 0.6) is 0 Å². The number of anilines is 2. The SMILES string of the molecule is NCC(O)C(O)c1cccc(N)c1N. The fraction of sp³-hybridized carbons (Fsp3) is 0.333. The average Bonchev–Trinajstić information content (AvgIpc) is 2.20. The zero-order valence-electron chi connectivity index (χ0n) is 7.72. The van der Waals surface area contributed by atoms with E-state index in [4.69, 9.17) is 17.2 Å². The van der Waals surface area contributed by atoms with Crippen LogP contribution in [0.3, 0.4) is 0 Å². The van der Waals surface area contributed by atoms with Crippen LogP contribution in [0.25, 0.3) is 0 Å². The number of benzene rings is 1. The minimum Gasteiger partial charge on any atom is -0.397 e. The monoisotopic (exact) mass is 197 g/mol. The Kier molecular flexibility index (Phi) is 3.29. The molecule has 0 aliphatic rings. The van der Waals surface area contributed by atoms with Crippen LogP contribution >= 0.6 is 0 Å². The van der Waals surface area contributed by atoms with Gasteiger partial charge in [0.15, 0.2) is 0 Å². The van der Waals surface area contributed by atoms with E-state index in [1.807, 2.05) is 0 Å². The molecule has 0 heterocycles. The Hall–Kier alpha value is -1.30. The van der Waals surface area contributed by atoms with Crippen molar-refractivity contribution in [3.63, 3.8) is 0 Å². The summed E-state index contributed by atoms with van der Waals surface area (Å²) in [6, 6.07) is 4.89. The van der Waals surface area contributed by atoms with Crippen molar-refractivity contribution in [1.29, 1.82) is 0 Å². The first kappa shape index (κ1) is 10.8. The highest BCUT2D eigenvalue weighted by Crippen LogP contribution is 2.27. The van der Waals surface area contributed by atoms with Crippen LogP contribution in [-0.4, -0.2) is 22.9 Å². The Morgan fingerprint density at radius 3 is 2.43 bits per heavy atom. The summed E-state index contributed by atoms with van der Waals surface area (Å²) in [5.74, 6) is 0. The summed E-state index contributed by atoms with van der Waals surface area (Å²) in [7, 11) is 0. The summed E-state index contributed by atoms with van der Waals surface area (Å²) < 4.78 is 0. The molecule has 0 saturated heterocycles. The van der Waals surface area contributed by atoms with Crippen molar-refractivity contribution in [3.05, 3.63) is 23.8 Å². The minimum absolute atomic E-state index is 0.0323. The van der Waals surface area contributed by atoms with Crippen molar-refractivity contribution in [2.75, 3.05) is 18.0 Å². The summed E-state index contributed by atoms with van der Waals surface area (Å²) in [5, 5.41) is 19.0. The van der Waals surface area contributed by atoms with Gasteiger partial charge in [0.1, 0.15) is 6.10 Å². The molecule has 0 bridgehead atoms. The number of hydrogen-bond acceptors (Lipinski definition) is 5. The van der Waals surface area contributed by atoms with Crippen LogP contribution in [-0.2, 0) is 0 Å². The van der Waals surface area contributed by atoms with Crippen molar-refractivity contribution >= 4 is 11.4 Å². The molecule has 2 atom stereocenters. The molecule has 1 aromatic rings. The maximum atomic E-state index is 9.63. The molecule has 0 aliphatic heterocycles. The molecule has 5 heteroatoms. The van der Waals surface area contributed by atoms with Gasteiger partial charge in [0.2, 0.25) is 0 Å². The summed E-state index contributed by atoms with van der Waals surface area (Å²) in [5.41, 5.74) is 17.5. The fourth-order valence-electron chi connectivity index (χ4n) is 1.20. The third-order valence-electron chi connectivity index (χ3n) is 2.10. The third-order valence-corrected chi connectivity index (χ3v) is 2.10. The first-order valence-electron chi connectivity index (χ1n) is 4.28. The third kappa shape index (κ3) is 1.95. The second-order valence-corrected chi connectivity index (χ2v) is 3.10. The topological polar surface area (TPSA) is 119 Å². The molecule has 0 aliphatic carbocycles. The lowest BCUT2D eigenvalue weighted by Crippen LogP contribution is -2.27. The fourth-order valence-corrected chi connectivity index (χ4v) is 1.20. The van der Waals surface area contributed by atoms with Crippen LogP contribution in [0.4, 0.5) is 11.4 Å². The number of aliphatic hydroxyl groups is 2. The van der Waals surface area contributed by atoms with Gasteiger partial charge in [-0.15, -0.1) is 0 Å². The molecule has 78 valence electrons. The van der Waals surface area contributed by atoms with E-state index in [2.05, 4.69) is 0 Å². The molecular weight excluding hydrogens is 182 g/mol. The van der Waals surface area contributed by atoms with Gasteiger partial charge in [-0.2, -0.15) is 0 Å². The van der Waals surface area contributed by atoms with Gasteiger partial charge in [0, 0.05) is 12.1 Å². The molecule has 1 aromatic carbocycles. The number of para-hydroxylation sites is 1. The van der Waals surface area contributed by atoms with Crippen molar-refractivity contribution in [1.82, 2.24) is 0 Å². The number of rotatable bonds is 3. The largest absolute Gasteiger partial charge is 0.397 e. The van der Waals surface area contributed by atoms with Crippen LogP contribution in [0.2, 0.25) is 0 Å². The van der Waals surface area contributed by atoms with E-state index in [9.17, 15) is 10.2 Å². The molecule has 5 nitrogen and oxygen atoms in total.